The van der Waals surface area contributed by atoms with Crippen molar-refractivity contribution < 1.29 is 8.78 Å². The Bertz CT molecular complexity index is 412. The van der Waals surface area contributed by atoms with Gasteiger partial charge >= 0.3 is 0 Å². The molecular formula is C9H4F2NS. The van der Waals surface area contributed by atoms with E-state index >= 15 is 0 Å². The Morgan fingerprint density at radius 1 is 1.31 bits per heavy atom. The quantitative estimate of drug-likeness (QED) is 0.683. The van der Waals surface area contributed by atoms with Crippen molar-refractivity contribution in [3.05, 3.63) is 41.5 Å². The molecule has 1 heterocycles. The highest BCUT2D eigenvalue weighted by Gasteiger charge is 2.10. The van der Waals surface area contributed by atoms with Gasteiger partial charge in [0.15, 0.2) is 17.1 Å². The van der Waals surface area contributed by atoms with E-state index in [0.29, 0.717) is 4.88 Å². The molecule has 2 rings (SSSR count). The average Bonchev–Trinajstić information content (AvgIpc) is 2.62. The van der Waals surface area contributed by atoms with Crippen LogP contribution in [0, 0.1) is 17.1 Å². The van der Waals surface area contributed by atoms with Crippen molar-refractivity contribution >= 4 is 11.3 Å². The SMILES string of the molecule is Fc1cccc(-c2cn[c]s2)c1F. The van der Waals surface area contributed by atoms with Gasteiger partial charge in [0, 0.05) is 11.8 Å². The molecule has 1 nitrogen and oxygen atoms in total. The average molecular weight is 196 g/mol. The first-order valence-corrected chi connectivity index (χ1v) is 4.37. The molecule has 0 unspecified atom stereocenters. The van der Waals surface area contributed by atoms with Crippen molar-refractivity contribution in [3.63, 3.8) is 0 Å². The van der Waals surface area contributed by atoms with E-state index in [1.807, 2.05) is 0 Å². The number of hydrogen-bond acceptors (Lipinski definition) is 2. The third kappa shape index (κ3) is 1.45. The van der Waals surface area contributed by atoms with Gasteiger partial charge in [0.25, 0.3) is 0 Å². The number of halogens is 2. The summed E-state index contributed by atoms with van der Waals surface area (Å²) in [5.74, 6) is -1.67. The molecule has 0 aliphatic heterocycles. The first-order chi connectivity index (χ1) is 6.29. The van der Waals surface area contributed by atoms with E-state index in [4.69, 9.17) is 0 Å². The number of thiazole rings is 1. The third-order valence-corrected chi connectivity index (χ3v) is 2.35. The zero-order valence-corrected chi connectivity index (χ0v) is 7.24. The fourth-order valence-electron chi connectivity index (χ4n) is 1.01. The molecule has 0 amide bonds. The molecule has 0 atom stereocenters. The lowest BCUT2D eigenvalue weighted by Crippen LogP contribution is -1.86. The molecule has 1 aromatic carbocycles. The van der Waals surface area contributed by atoms with Gasteiger partial charge in [-0.3, -0.25) is 0 Å². The monoisotopic (exact) mass is 196 g/mol. The zero-order valence-electron chi connectivity index (χ0n) is 6.42. The second-order valence-corrected chi connectivity index (χ2v) is 3.24. The second-order valence-electron chi connectivity index (χ2n) is 2.42. The predicted octanol–water partition coefficient (Wildman–Crippen LogP) is 2.89. The number of nitrogens with zero attached hydrogens (tertiary/aromatic N) is 1. The molecule has 4 heteroatoms. The van der Waals surface area contributed by atoms with Gasteiger partial charge < -0.3 is 0 Å². The molecule has 13 heavy (non-hydrogen) atoms. The highest BCUT2D eigenvalue weighted by atomic mass is 32.1. The summed E-state index contributed by atoms with van der Waals surface area (Å²) in [4.78, 5) is 4.25. The van der Waals surface area contributed by atoms with E-state index in [-0.39, 0.29) is 5.56 Å². The van der Waals surface area contributed by atoms with Gasteiger partial charge in [0.1, 0.15) is 0 Å². The van der Waals surface area contributed by atoms with Gasteiger partial charge in [-0.15, -0.1) is 11.3 Å². The van der Waals surface area contributed by atoms with Gasteiger partial charge in [-0.1, -0.05) is 12.1 Å². The van der Waals surface area contributed by atoms with Crippen molar-refractivity contribution in [1.82, 2.24) is 4.98 Å². The number of hydrogen-bond donors (Lipinski definition) is 0. The summed E-state index contributed by atoms with van der Waals surface area (Å²) in [6, 6.07) is 4.07. The lowest BCUT2D eigenvalue weighted by Gasteiger charge is -1.98. The maximum atomic E-state index is 13.2. The smallest absolute Gasteiger partial charge is 0.167 e. The fraction of sp³-hybridized carbons (Fsp3) is 0. The summed E-state index contributed by atoms with van der Waals surface area (Å²) in [5, 5.41) is 0. The Kier molecular flexibility index (Phi) is 2.06. The van der Waals surface area contributed by atoms with Crippen LogP contribution in [0.15, 0.2) is 24.4 Å². The minimum atomic E-state index is -0.842. The summed E-state index contributed by atoms with van der Waals surface area (Å²) < 4.78 is 25.9. The molecule has 0 bridgehead atoms. The summed E-state index contributed by atoms with van der Waals surface area (Å²) >= 11 is 1.16. The lowest BCUT2D eigenvalue weighted by molar-refractivity contribution is 0.511. The third-order valence-electron chi connectivity index (χ3n) is 1.61. The predicted molar refractivity (Wildman–Crippen MR) is 46.3 cm³/mol. The van der Waals surface area contributed by atoms with Crippen LogP contribution in [-0.4, -0.2) is 4.98 Å². The normalized spacial score (nSPS) is 10.3. The van der Waals surface area contributed by atoms with Gasteiger partial charge in [0.05, 0.1) is 4.88 Å². The van der Waals surface area contributed by atoms with Gasteiger partial charge in [0.2, 0.25) is 0 Å². The standard InChI is InChI=1S/C9H4F2NS/c10-7-3-1-2-6(9(7)11)8-4-12-5-13-8/h1-4H. The number of rotatable bonds is 1. The first-order valence-electron chi connectivity index (χ1n) is 3.55. The molecule has 0 N–H and O–H groups in total. The summed E-state index contributed by atoms with van der Waals surface area (Å²) in [6.45, 7) is 0. The van der Waals surface area contributed by atoms with Crippen molar-refractivity contribution in [2.75, 3.05) is 0 Å². The van der Waals surface area contributed by atoms with E-state index in [0.717, 1.165) is 17.4 Å². The molecule has 0 saturated heterocycles. The highest BCUT2D eigenvalue weighted by molar-refractivity contribution is 7.12. The van der Waals surface area contributed by atoms with E-state index in [2.05, 4.69) is 10.5 Å². The zero-order chi connectivity index (χ0) is 9.26. The largest absolute Gasteiger partial charge is 0.241 e. The molecule has 0 saturated carbocycles. The molecule has 0 aliphatic carbocycles. The molecule has 2 aromatic rings. The Labute approximate surface area is 77.7 Å². The molecular weight excluding hydrogens is 192 g/mol. The van der Waals surface area contributed by atoms with Crippen LogP contribution in [0.5, 0.6) is 0 Å². The van der Waals surface area contributed by atoms with Crippen LogP contribution in [-0.2, 0) is 0 Å². The molecule has 1 aromatic heterocycles. The Morgan fingerprint density at radius 2 is 2.15 bits per heavy atom. The Hall–Kier alpha value is -1.29. The minimum Gasteiger partial charge on any atom is -0.241 e. The van der Waals surface area contributed by atoms with Gasteiger partial charge in [-0.2, -0.15) is 0 Å². The molecule has 0 aliphatic rings. The van der Waals surface area contributed by atoms with Crippen LogP contribution in [0.3, 0.4) is 0 Å². The van der Waals surface area contributed by atoms with Crippen LogP contribution in [0.1, 0.15) is 0 Å². The molecule has 65 valence electrons. The summed E-state index contributed by atoms with van der Waals surface area (Å²) in [7, 11) is 0. The second kappa shape index (κ2) is 3.22. The molecule has 0 fully saturated rings. The molecule has 1 radical (unpaired) electrons. The Morgan fingerprint density at radius 3 is 2.85 bits per heavy atom. The number of benzene rings is 1. The Balaban J connectivity index is 2.59. The van der Waals surface area contributed by atoms with Gasteiger partial charge in [-0.25, -0.2) is 13.8 Å². The van der Waals surface area contributed by atoms with Crippen LogP contribution >= 0.6 is 11.3 Å². The van der Waals surface area contributed by atoms with Crippen molar-refractivity contribution in [1.29, 1.82) is 0 Å². The van der Waals surface area contributed by atoms with E-state index in [1.165, 1.54) is 18.3 Å². The topological polar surface area (TPSA) is 12.9 Å². The maximum absolute atomic E-state index is 13.2. The van der Waals surface area contributed by atoms with Crippen molar-refractivity contribution in [2.24, 2.45) is 0 Å². The maximum Gasteiger partial charge on any atom is 0.167 e. The highest BCUT2D eigenvalue weighted by Crippen LogP contribution is 2.26. The fourth-order valence-corrected chi connectivity index (χ4v) is 1.58. The van der Waals surface area contributed by atoms with Crippen LogP contribution < -0.4 is 0 Å². The lowest BCUT2D eigenvalue weighted by atomic mass is 10.2. The summed E-state index contributed by atoms with van der Waals surface area (Å²) in [6.07, 6.45) is 1.46. The minimum absolute atomic E-state index is 0.235. The van der Waals surface area contributed by atoms with E-state index in [1.54, 1.807) is 0 Å². The van der Waals surface area contributed by atoms with Crippen LogP contribution in [0.4, 0.5) is 8.78 Å². The van der Waals surface area contributed by atoms with Crippen LogP contribution in [0.25, 0.3) is 10.4 Å². The van der Waals surface area contributed by atoms with E-state index < -0.39 is 11.6 Å². The number of aromatic nitrogens is 1. The van der Waals surface area contributed by atoms with Crippen molar-refractivity contribution in [3.8, 4) is 10.4 Å². The summed E-state index contributed by atoms with van der Waals surface area (Å²) in [5.41, 5.74) is 2.81. The van der Waals surface area contributed by atoms with Crippen molar-refractivity contribution in [2.45, 2.75) is 0 Å². The molecule has 0 spiro atoms. The van der Waals surface area contributed by atoms with Gasteiger partial charge in [-0.05, 0) is 6.07 Å². The van der Waals surface area contributed by atoms with Crippen LogP contribution in [0.2, 0.25) is 0 Å². The first kappa shape index (κ1) is 8.31. The van der Waals surface area contributed by atoms with E-state index in [9.17, 15) is 8.78 Å².